The fourth-order valence-electron chi connectivity index (χ4n) is 13.3. The third kappa shape index (κ3) is 15.7. The topological polar surface area (TPSA) is 157 Å². The molecule has 12 heteroatoms. The quantitative estimate of drug-likeness (QED) is 0.0848. The van der Waals surface area contributed by atoms with Crippen molar-refractivity contribution in [3.8, 4) is 187 Å². The molecule has 4 aromatic heterocycles. The molecule has 524 valence electrons. The van der Waals surface area contributed by atoms with Gasteiger partial charge in [0.2, 0.25) is 0 Å². The smallest absolute Gasteiger partial charge is 0.187 e. The van der Waals surface area contributed by atoms with E-state index in [1.54, 1.807) is 0 Å². The first-order valence-corrected chi connectivity index (χ1v) is 36.6. The second-order valence-electron chi connectivity index (χ2n) is 26.6. The van der Waals surface area contributed by atoms with Crippen LogP contribution >= 0.6 is 0 Å². The normalized spacial score (nSPS) is 10.8. The molecule has 0 spiro atoms. The van der Waals surface area contributed by atoms with E-state index in [0.717, 1.165) is 134 Å². The van der Waals surface area contributed by atoms with Crippen molar-refractivity contribution in [3.63, 3.8) is 0 Å². The Labute approximate surface area is 648 Å². The maximum absolute atomic E-state index is 9.19. The highest BCUT2D eigenvalue weighted by Gasteiger charge is 2.19. The van der Waals surface area contributed by atoms with E-state index in [0.29, 0.717) is 57.8 Å². The zero-order chi connectivity index (χ0) is 75.4. The molecule has 0 unspecified atom stereocenters. The predicted octanol–water partition coefficient (Wildman–Crippen LogP) is 24.4. The Hall–Kier alpha value is -15.8. The zero-order valence-corrected chi connectivity index (χ0v) is 60.3. The van der Waals surface area contributed by atoms with Gasteiger partial charge in [-0.05, 0) is 80.9 Å². The number of benzene rings is 14. The highest BCUT2D eigenvalue weighted by molar-refractivity contribution is 5.81. The Morgan fingerprint density at radius 3 is 0.661 bits per heavy atom. The summed E-state index contributed by atoms with van der Waals surface area (Å²) in [5.41, 5.74) is 24.5. The van der Waals surface area contributed by atoms with Crippen molar-refractivity contribution in [1.82, 2.24) is 49.8 Å². The number of rotatable bonds is 16. The fourth-order valence-corrected chi connectivity index (χ4v) is 13.3. The van der Waals surface area contributed by atoms with Crippen molar-refractivity contribution in [1.29, 1.82) is 5.26 Å². The van der Waals surface area contributed by atoms with E-state index >= 15 is 0 Å². The highest BCUT2D eigenvalue weighted by Crippen LogP contribution is 2.37. The van der Waals surface area contributed by atoms with Crippen LogP contribution in [-0.4, -0.2) is 49.8 Å². The average Bonchev–Trinajstić information content (AvgIpc) is 0.802. The predicted molar refractivity (Wildman–Crippen MR) is 449 cm³/mol. The lowest BCUT2D eigenvalue weighted by Crippen LogP contribution is -2.00. The Bertz CT molecular complexity index is 6310. The van der Waals surface area contributed by atoms with Crippen molar-refractivity contribution >= 4 is 5.69 Å². The highest BCUT2D eigenvalue weighted by atomic mass is 15.0. The molecule has 12 nitrogen and oxygen atoms in total. The molecule has 0 radical (unpaired) electrons. The molecule has 18 aromatic rings. The average molecular weight is 1430 g/mol. The molecule has 4 heterocycles. The minimum absolute atomic E-state index is 0.591. The van der Waals surface area contributed by atoms with Crippen LogP contribution in [0.4, 0.5) is 5.69 Å². The van der Waals surface area contributed by atoms with E-state index in [9.17, 15) is 5.26 Å². The Kier molecular flexibility index (Phi) is 19.9. The van der Waals surface area contributed by atoms with Gasteiger partial charge in [-0.25, -0.2) is 54.7 Å². The monoisotopic (exact) mass is 1430 g/mol. The van der Waals surface area contributed by atoms with Crippen LogP contribution in [0.1, 0.15) is 5.56 Å². The Balaban J connectivity index is 0.000000163. The van der Waals surface area contributed by atoms with Crippen molar-refractivity contribution in [2.75, 3.05) is 0 Å². The molecule has 0 aliphatic rings. The summed E-state index contributed by atoms with van der Waals surface area (Å²) in [7, 11) is 0. The zero-order valence-electron chi connectivity index (χ0n) is 60.3. The minimum Gasteiger partial charge on any atom is -0.238 e. The molecule has 0 atom stereocenters. The second kappa shape index (κ2) is 32.1. The van der Waals surface area contributed by atoms with Gasteiger partial charge in [-0.2, -0.15) is 5.26 Å². The molecular formula is C100H64N12. The van der Waals surface area contributed by atoms with Gasteiger partial charge in [-0.15, -0.1) is 0 Å². The first-order chi connectivity index (χ1) is 55.3. The number of nitrogens with zero attached hydrogens (tertiary/aromatic N) is 12. The second-order valence-corrected chi connectivity index (χ2v) is 26.6. The van der Waals surface area contributed by atoms with Gasteiger partial charge in [0.25, 0.3) is 0 Å². The minimum atomic E-state index is 0.591. The lowest BCUT2D eigenvalue weighted by Gasteiger charge is -2.11. The van der Waals surface area contributed by atoms with Gasteiger partial charge in [0.15, 0.2) is 52.3 Å². The summed E-state index contributed by atoms with van der Waals surface area (Å²) < 4.78 is 0. The molecule has 18 rings (SSSR count). The number of aromatic nitrogens is 10. The van der Waals surface area contributed by atoms with Crippen LogP contribution in [0.5, 0.6) is 0 Å². The molecule has 0 saturated carbocycles. The van der Waals surface area contributed by atoms with Crippen molar-refractivity contribution in [2.45, 2.75) is 0 Å². The first-order valence-electron chi connectivity index (χ1n) is 36.6. The van der Waals surface area contributed by atoms with Crippen LogP contribution in [0.3, 0.4) is 0 Å². The van der Waals surface area contributed by atoms with Crippen LogP contribution in [0.15, 0.2) is 388 Å². The SMILES string of the molecule is N#Cc1ccc(-c2ccc(-c3cc(-c4ccc(-c5cccc(-c6nc(-c7ccccc7)nc(-c7ccccc7)n6)c5)cc4)nc(-c4ccccc4)n3)cc2)cc1.[C-]#[N+]c1ccc(-c2ccc(-c3nc(-c4ccccc4)nc(-c4cccc(-c5ccc(-c6cc(-c7ccccc7)nc(-c7ccccc7)n6)cc5)c4)n3)cc2)cc1. The number of hydrogen-bond acceptors (Lipinski definition) is 11. The molecule has 0 fully saturated rings. The van der Waals surface area contributed by atoms with Gasteiger partial charge >= 0.3 is 0 Å². The van der Waals surface area contributed by atoms with E-state index in [-0.39, 0.29) is 0 Å². The molecule has 0 amide bonds. The molecule has 14 aromatic carbocycles. The summed E-state index contributed by atoms with van der Waals surface area (Å²) in [5.74, 6) is 5.01. The van der Waals surface area contributed by atoms with Gasteiger partial charge in [0.1, 0.15) is 0 Å². The van der Waals surface area contributed by atoms with Gasteiger partial charge in [0.05, 0.1) is 41.0 Å². The molecule has 0 N–H and O–H groups in total. The van der Waals surface area contributed by atoms with Crippen LogP contribution < -0.4 is 0 Å². The molecule has 0 saturated heterocycles. The van der Waals surface area contributed by atoms with E-state index in [2.05, 4.69) is 138 Å². The molecule has 0 aliphatic heterocycles. The third-order valence-electron chi connectivity index (χ3n) is 19.2. The van der Waals surface area contributed by atoms with Crippen LogP contribution in [0, 0.1) is 17.9 Å². The van der Waals surface area contributed by atoms with Crippen LogP contribution in [0.25, 0.3) is 185 Å². The largest absolute Gasteiger partial charge is 0.238 e. The van der Waals surface area contributed by atoms with Crippen molar-refractivity contribution in [3.05, 3.63) is 405 Å². The summed E-state index contributed by atoms with van der Waals surface area (Å²) in [4.78, 5) is 53.1. The third-order valence-corrected chi connectivity index (χ3v) is 19.2. The Morgan fingerprint density at radius 1 is 0.179 bits per heavy atom. The maximum atomic E-state index is 9.19. The standard InChI is InChI=1S/2C50H32N6/c1-51-44-30-28-35(29-31-44)34-22-26-41(27-23-34)49-54-48(40-16-9-4-10-17-40)55-50(56-49)43-19-11-18-42(32-43)36-20-24-38(25-21-36)46-33-45(37-12-5-2-6-13-37)52-47(53-46)39-14-7-3-8-15-39;51-33-34-19-21-35(22-20-34)36-23-27-38(28-24-36)45-32-46(53-47(52-45)40-11-4-1-5-12-40)39-29-25-37(26-30-39)43-17-10-18-44(31-43)50-55-48(41-13-6-2-7-14-41)54-49(56-50)42-15-8-3-9-16-42/h2-33H;1-32H. The summed E-state index contributed by atoms with van der Waals surface area (Å²) in [6, 6.07) is 132. The summed E-state index contributed by atoms with van der Waals surface area (Å²) in [6.07, 6.45) is 0. The maximum Gasteiger partial charge on any atom is 0.187 e. The van der Waals surface area contributed by atoms with Gasteiger partial charge < -0.3 is 0 Å². The van der Waals surface area contributed by atoms with E-state index in [1.165, 1.54) is 0 Å². The van der Waals surface area contributed by atoms with Crippen LogP contribution in [0.2, 0.25) is 0 Å². The number of nitriles is 1. The molecule has 0 bridgehead atoms. The van der Waals surface area contributed by atoms with Gasteiger partial charge in [0, 0.05) is 66.8 Å². The van der Waals surface area contributed by atoms with Gasteiger partial charge in [-0.1, -0.05) is 352 Å². The Morgan fingerprint density at radius 2 is 0.375 bits per heavy atom. The van der Waals surface area contributed by atoms with Crippen molar-refractivity contribution < 1.29 is 0 Å². The van der Waals surface area contributed by atoms with E-state index < -0.39 is 0 Å². The van der Waals surface area contributed by atoms with Gasteiger partial charge in [-0.3, -0.25) is 0 Å². The lowest BCUT2D eigenvalue weighted by atomic mass is 9.99. The van der Waals surface area contributed by atoms with Crippen molar-refractivity contribution in [2.24, 2.45) is 0 Å². The number of hydrogen-bond donors (Lipinski definition) is 0. The van der Waals surface area contributed by atoms with E-state index in [4.69, 9.17) is 56.4 Å². The molecule has 112 heavy (non-hydrogen) atoms. The van der Waals surface area contributed by atoms with Crippen LogP contribution in [-0.2, 0) is 0 Å². The fraction of sp³-hybridized carbons (Fsp3) is 0. The summed E-state index contributed by atoms with van der Waals surface area (Å²) >= 11 is 0. The summed E-state index contributed by atoms with van der Waals surface area (Å²) in [5, 5.41) is 9.19. The molecule has 0 aliphatic carbocycles. The first kappa shape index (κ1) is 69.3. The lowest BCUT2D eigenvalue weighted by molar-refractivity contribution is 1.07. The van der Waals surface area contributed by atoms with E-state index in [1.807, 2.05) is 261 Å². The summed E-state index contributed by atoms with van der Waals surface area (Å²) in [6.45, 7) is 7.25. The molecular weight excluding hydrogens is 1370 g/mol.